The predicted octanol–water partition coefficient (Wildman–Crippen LogP) is 2.60. The molecule has 0 bridgehead atoms. The summed E-state index contributed by atoms with van der Waals surface area (Å²) in [4.78, 5) is 8.59. The SMILES string of the molecule is OC1CC[N]C(c2cc(-c3cccc(Cl)c3)ncn2)C1. The summed E-state index contributed by atoms with van der Waals surface area (Å²) in [5.74, 6) is 0. The highest BCUT2D eigenvalue weighted by molar-refractivity contribution is 6.30. The lowest BCUT2D eigenvalue weighted by atomic mass is 9.98. The molecule has 0 amide bonds. The molecule has 1 aliphatic heterocycles. The first kappa shape index (κ1) is 13.5. The molecule has 0 spiro atoms. The van der Waals surface area contributed by atoms with Crippen molar-refractivity contribution in [1.82, 2.24) is 15.3 Å². The van der Waals surface area contributed by atoms with E-state index in [-0.39, 0.29) is 12.1 Å². The molecule has 2 unspecified atom stereocenters. The Morgan fingerprint density at radius 2 is 2.10 bits per heavy atom. The minimum absolute atomic E-state index is 0.0420. The van der Waals surface area contributed by atoms with Crippen molar-refractivity contribution in [2.45, 2.75) is 25.0 Å². The number of hydrogen-bond acceptors (Lipinski definition) is 3. The van der Waals surface area contributed by atoms with E-state index in [2.05, 4.69) is 15.3 Å². The van der Waals surface area contributed by atoms with Gasteiger partial charge in [-0.3, -0.25) is 0 Å². The fraction of sp³-hybridized carbons (Fsp3) is 0.333. The van der Waals surface area contributed by atoms with Crippen molar-refractivity contribution >= 4 is 11.6 Å². The van der Waals surface area contributed by atoms with Crippen LogP contribution in [0.25, 0.3) is 11.3 Å². The van der Waals surface area contributed by atoms with E-state index >= 15 is 0 Å². The third-order valence-corrected chi connectivity index (χ3v) is 3.69. The van der Waals surface area contributed by atoms with Crippen LogP contribution in [0.4, 0.5) is 0 Å². The zero-order valence-corrected chi connectivity index (χ0v) is 11.7. The van der Waals surface area contributed by atoms with E-state index in [4.69, 9.17) is 11.6 Å². The van der Waals surface area contributed by atoms with Gasteiger partial charge in [-0.25, -0.2) is 15.3 Å². The molecule has 1 aromatic heterocycles. The highest BCUT2D eigenvalue weighted by Crippen LogP contribution is 2.26. The molecule has 1 aliphatic rings. The van der Waals surface area contributed by atoms with Crippen molar-refractivity contribution in [2.75, 3.05) is 6.54 Å². The average Bonchev–Trinajstić information content (AvgIpc) is 2.47. The predicted molar refractivity (Wildman–Crippen MR) is 77.5 cm³/mol. The molecule has 4 nitrogen and oxygen atoms in total. The second-order valence-electron chi connectivity index (χ2n) is 4.94. The first-order chi connectivity index (χ1) is 9.72. The number of hydrogen-bond donors (Lipinski definition) is 1. The standard InChI is InChI=1S/C15H15ClN3O/c16-11-3-1-2-10(6-11)13-8-15(19-9-18-13)14-7-12(20)4-5-17-14/h1-3,6,8-9,12,14,20H,4-5,7H2. The quantitative estimate of drug-likeness (QED) is 0.924. The van der Waals surface area contributed by atoms with Gasteiger partial charge < -0.3 is 5.11 Å². The molecule has 2 atom stereocenters. The number of rotatable bonds is 2. The lowest BCUT2D eigenvalue weighted by Crippen LogP contribution is -2.30. The van der Waals surface area contributed by atoms with Crippen LogP contribution in [-0.4, -0.2) is 27.7 Å². The van der Waals surface area contributed by atoms with Gasteiger partial charge in [0.25, 0.3) is 0 Å². The molecule has 103 valence electrons. The Bertz CT molecular complexity index is 605. The van der Waals surface area contributed by atoms with E-state index in [9.17, 15) is 5.11 Å². The number of nitrogens with zero attached hydrogens (tertiary/aromatic N) is 3. The minimum Gasteiger partial charge on any atom is -0.393 e. The Morgan fingerprint density at radius 1 is 1.20 bits per heavy atom. The lowest BCUT2D eigenvalue weighted by Gasteiger charge is -2.25. The Morgan fingerprint density at radius 3 is 2.90 bits per heavy atom. The second-order valence-corrected chi connectivity index (χ2v) is 5.38. The smallest absolute Gasteiger partial charge is 0.116 e. The largest absolute Gasteiger partial charge is 0.393 e. The number of halogens is 1. The molecule has 1 aromatic carbocycles. The van der Waals surface area contributed by atoms with Crippen LogP contribution in [0, 0.1) is 0 Å². The molecule has 0 aliphatic carbocycles. The van der Waals surface area contributed by atoms with E-state index in [1.165, 1.54) is 0 Å². The summed E-state index contributed by atoms with van der Waals surface area (Å²) in [6.45, 7) is 0.683. The minimum atomic E-state index is -0.290. The van der Waals surface area contributed by atoms with Gasteiger partial charge in [0.1, 0.15) is 6.33 Å². The summed E-state index contributed by atoms with van der Waals surface area (Å²) < 4.78 is 0. The van der Waals surface area contributed by atoms with Crippen LogP contribution in [0.15, 0.2) is 36.7 Å². The van der Waals surface area contributed by atoms with Crippen LogP contribution in [0.1, 0.15) is 24.6 Å². The molecule has 3 rings (SSSR count). The summed E-state index contributed by atoms with van der Waals surface area (Å²) in [5.41, 5.74) is 2.64. The Labute approximate surface area is 122 Å². The van der Waals surface area contributed by atoms with Crippen molar-refractivity contribution < 1.29 is 5.11 Å². The lowest BCUT2D eigenvalue weighted by molar-refractivity contribution is 0.114. The van der Waals surface area contributed by atoms with Crippen LogP contribution >= 0.6 is 11.6 Å². The van der Waals surface area contributed by atoms with Crippen molar-refractivity contribution in [1.29, 1.82) is 0 Å². The molecule has 1 radical (unpaired) electrons. The molecule has 0 saturated carbocycles. The zero-order chi connectivity index (χ0) is 13.9. The Kier molecular flexibility index (Phi) is 3.96. The van der Waals surface area contributed by atoms with Crippen molar-refractivity contribution in [3.05, 3.63) is 47.4 Å². The molecular formula is C15H15ClN3O. The van der Waals surface area contributed by atoms with Gasteiger partial charge in [-0.05, 0) is 31.0 Å². The van der Waals surface area contributed by atoms with E-state index < -0.39 is 0 Å². The van der Waals surface area contributed by atoms with E-state index in [0.29, 0.717) is 18.0 Å². The van der Waals surface area contributed by atoms with Crippen LogP contribution in [0.2, 0.25) is 5.02 Å². The molecule has 5 heteroatoms. The Hall–Kier alpha value is -1.49. The van der Waals surface area contributed by atoms with Gasteiger partial charge in [-0.1, -0.05) is 23.7 Å². The van der Waals surface area contributed by atoms with Gasteiger partial charge >= 0.3 is 0 Å². The first-order valence-electron chi connectivity index (χ1n) is 6.65. The highest BCUT2D eigenvalue weighted by Gasteiger charge is 2.23. The highest BCUT2D eigenvalue weighted by atomic mass is 35.5. The maximum Gasteiger partial charge on any atom is 0.116 e. The first-order valence-corrected chi connectivity index (χ1v) is 7.03. The van der Waals surface area contributed by atoms with Gasteiger partial charge in [-0.2, -0.15) is 0 Å². The monoisotopic (exact) mass is 288 g/mol. The normalized spacial score (nSPS) is 22.7. The average molecular weight is 289 g/mol. The maximum absolute atomic E-state index is 9.74. The number of aliphatic hydroxyl groups is 1. The van der Waals surface area contributed by atoms with E-state index in [0.717, 1.165) is 23.4 Å². The van der Waals surface area contributed by atoms with Gasteiger partial charge in [0, 0.05) is 17.1 Å². The fourth-order valence-corrected chi connectivity index (χ4v) is 2.59. The second kappa shape index (κ2) is 5.87. The fourth-order valence-electron chi connectivity index (χ4n) is 2.40. The number of aromatic nitrogens is 2. The van der Waals surface area contributed by atoms with E-state index in [1.54, 1.807) is 6.33 Å². The molecular weight excluding hydrogens is 274 g/mol. The zero-order valence-electron chi connectivity index (χ0n) is 10.9. The summed E-state index contributed by atoms with van der Waals surface area (Å²) in [6, 6.07) is 9.46. The van der Waals surface area contributed by atoms with E-state index in [1.807, 2.05) is 30.3 Å². The van der Waals surface area contributed by atoms with Crippen LogP contribution in [0.5, 0.6) is 0 Å². The number of aliphatic hydroxyl groups excluding tert-OH is 1. The Balaban J connectivity index is 1.89. The third-order valence-electron chi connectivity index (χ3n) is 3.46. The van der Waals surface area contributed by atoms with Gasteiger partial charge in [0.2, 0.25) is 0 Å². The molecule has 20 heavy (non-hydrogen) atoms. The summed E-state index contributed by atoms with van der Waals surface area (Å²) in [6.07, 6.45) is 2.62. The molecule has 2 aromatic rings. The van der Waals surface area contributed by atoms with Gasteiger partial charge in [0.15, 0.2) is 0 Å². The van der Waals surface area contributed by atoms with Crippen LogP contribution in [-0.2, 0) is 0 Å². The maximum atomic E-state index is 9.74. The van der Waals surface area contributed by atoms with Crippen LogP contribution < -0.4 is 5.32 Å². The molecule has 1 N–H and O–H groups in total. The molecule has 1 fully saturated rings. The molecule has 2 heterocycles. The summed E-state index contributed by atoms with van der Waals surface area (Å²) in [5, 5.41) is 14.9. The van der Waals surface area contributed by atoms with Crippen molar-refractivity contribution in [3.63, 3.8) is 0 Å². The summed E-state index contributed by atoms with van der Waals surface area (Å²) >= 11 is 6.01. The number of benzene rings is 1. The molecule has 1 saturated heterocycles. The van der Waals surface area contributed by atoms with Crippen molar-refractivity contribution in [2.24, 2.45) is 0 Å². The van der Waals surface area contributed by atoms with Crippen LogP contribution in [0.3, 0.4) is 0 Å². The van der Waals surface area contributed by atoms with Gasteiger partial charge in [0.05, 0.1) is 23.5 Å². The van der Waals surface area contributed by atoms with Gasteiger partial charge in [-0.15, -0.1) is 0 Å². The summed E-state index contributed by atoms with van der Waals surface area (Å²) in [7, 11) is 0. The third kappa shape index (κ3) is 2.98. The number of piperidine rings is 1. The van der Waals surface area contributed by atoms with Crippen molar-refractivity contribution in [3.8, 4) is 11.3 Å². The topological polar surface area (TPSA) is 60.1 Å².